The van der Waals surface area contributed by atoms with E-state index in [0.29, 0.717) is 17.1 Å². The van der Waals surface area contributed by atoms with Gasteiger partial charge in [0, 0.05) is 17.9 Å². The molecular weight excluding hydrogens is 380 g/mol. The predicted molar refractivity (Wildman–Crippen MR) is 115 cm³/mol. The molecule has 29 heavy (non-hydrogen) atoms. The Hall–Kier alpha value is -2.83. The van der Waals surface area contributed by atoms with Gasteiger partial charge in [0.05, 0.1) is 23.8 Å². The zero-order valence-corrected chi connectivity index (χ0v) is 17.7. The van der Waals surface area contributed by atoms with Gasteiger partial charge in [-0.3, -0.25) is 4.79 Å². The van der Waals surface area contributed by atoms with E-state index in [9.17, 15) is 10.1 Å². The summed E-state index contributed by atoms with van der Waals surface area (Å²) in [6, 6.07) is 12.3. The summed E-state index contributed by atoms with van der Waals surface area (Å²) in [7, 11) is 0. The third kappa shape index (κ3) is 5.16. The lowest BCUT2D eigenvalue weighted by atomic mass is 9.95. The molecule has 148 valence electrons. The Labute approximate surface area is 176 Å². The Morgan fingerprint density at radius 3 is 2.55 bits per heavy atom. The fourth-order valence-corrected chi connectivity index (χ4v) is 4.53. The minimum atomic E-state index is -0.0846. The molecule has 6 heteroatoms. The summed E-state index contributed by atoms with van der Waals surface area (Å²) in [5, 5.41) is 19.1. The van der Waals surface area contributed by atoms with Crippen LogP contribution in [-0.2, 0) is 17.6 Å². The highest BCUT2D eigenvalue weighted by Crippen LogP contribution is 2.28. The van der Waals surface area contributed by atoms with Gasteiger partial charge >= 0.3 is 0 Å². The first-order chi connectivity index (χ1) is 14.0. The molecule has 5 nitrogen and oxygen atoms in total. The van der Waals surface area contributed by atoms with Crippen LogP contribution >= 0.6 is 11.8 Å². The molecule has 0 radical (unpaired) electrons. The number of anilines is 1. The van der Waals surface area contributed by atoms with Crippen molar-refractivity contribution in [1.82, 2.24) is 4.98 Å². The number of carbonyl (C=O) groups is 1. The van der Waals surface area contributed by atoms with Gasteiger partial charge in [-0.25, -0.2) is 4.98 Å². The smallest absolute Gasteiger partial charge is 0.237 e. The van der Waals surface area contributed by atoms with Crippen LogP contribution in [0.25, 0.3) is 0 Å². The Bertz CT molecular complexity index is 983. The Balaban J connectivity index is 1.80. The molecule has 0 unspecified atom stereocenters. The maximum atomic E-state index is 13.0. The van der Waals surface area contributed by atoms with Gasteiger partial charge in [-0.15, -0.1) is 0 Å². The van der Waals surface area contributed by atoms with Crippen molar-refractivity contribution in [3.05, 3.63) is 52.2 Å². The van der Waals surface area contributed by atoms with Crippen LogP contribution in [0, 0.1) is 36.5 Å². The molecule has 3 rings (SSSR count). The maximum absolute atomic E-state index is 13.0. The van der Waals surface area contributed by atoms with Crippen molar-refractivity contribution in [1.29, 1.82) is 10.5 Å². The second-order valence-electron chi connectivity index (χ2n) is 7.35. The number of thioether (sulfide) groups is 1. The normalized spacial score (nSPS) is 12.6. The third-order valence-corrected chi connectivity index (χ3v) is 5.96. The quantitative estimate of drug-likeness (QED) is 0.663. The summed E-state index contributed by atoms with van der Waals surface area (Å²) in [6.45, 7) is 4.34. The second kappa shape index (κ2) is 9.58. The maximum Gasteiger partial charge on any atom is 0.237 e. The van der Waals surface area contributed by atoms with Crippen molar-refractivity contribution >= 4 is 23.4 Å². The zero-order valence-electron chi connectivity index (χ0n) is 16.9. The molecule has 0 spiro atoms. The van der Waals surface area contributed by atoms with Gasteiger partial charge in [0.1, 0.15) is 11.1 Å². The first-order valence-corrected chi connectivity index (χ1v) is 10.8. The van der Waals surface area contributed by atoms with Crippen LogP contribution in [0.5, 0.6) is 0 Å². The minimum Gasteiger partial charge on any atom is -0.311 e. The lowest BCUT2D eigenvalue weighted by Crippen LogP contribution is -2.33. The van der Waals surface area contributed by atoms with Gasteiger partial charge in [-0.05, 0) is 74.4 Å². The number of nitriles is 2. The van der Waals surface area contributed by atoms with E-state index in [0.717, 1.165) is 53.8 Å². The molecule has 1 aliphatic rings. The summed E-state index contributed by atoms with van der Waals surface area (Å²) in [6.07, 6.45) is 4.41. The molecule has 2 aromatic rings. The average molecular weight is 405 g/mol. The van der Waals surface area contributed by atoms with Crippen LogP contribution in [0.2, 0.25) is 0 Å². The Morgan fingerprint density at radius 2 is 1.86 bits per heavy atom. The highest BCUT2D eigenvalue weighted by atomic mass is 32.2. The van der Waals surface area contributed by atoms with Gasteiger partial charge in [0.2, 0.25) is 5.91 Å². The van der Waals surface area contributed by atoms with E-state index in [2.05, 4.69) is 18.2 Å². The molecule has 1 aromatic carbocycles. The van der Waals surface area contributed by atoms with Crippen molar-refractivity contribution in [2.24, 2.45) is 0 Å². The van der Waals surface area contributed by atoms with Gasteiger partial charge in [-0.2, -0.15) is 10.5 Å². The van der Waals surface area contributed by atoms with Crippen molar-refractivity contribution in [3.63, 3.8) is 0 Å². The average Bonchev–Trinajstić information content (AvgIpc) is 2.71. The molecule has 1 aromatic heterocycles. The van der Waals surface area contributed by atoms with Crippen molar-refractivity contribution in [3.8, 4) is 12.1 Å². The van der Waals surface area contributed by atoms with E-state index in [1.165, 1.54) is 11.8 Å². The van der Waals surface area contributed by atoms with E-state index in [4.69, 9.17) is 10.2 Å². The van der Waals surface area contributed by atoms with Crippen molar-refractivity contribution in [2.45, 2.75) is 51.0 Å². The number of hydrogen-bond donors (Lipinski definition) is 0. The fraction of sp³-hybridized carbons (Fsp3) is 0.391. The summed E-state index contributed by atoms with van der Waals surface area (Å²) >= 11 is 1.31. The molecular formula is C23H24N4OS. The molecule has 1 heterocycles. The third-order valence-electron chi connectivity index (χ3n) is 4.99. The number of aryl methyl sites for hydroxylation is 4. The number of carbonyl (C=O) groups excluding carboxylic acids is 1. The standard InChI is InChI=1S/C23H24N4OS/c1-16-10-17(2)12-20(11-16)27(9-5-8-24)22(28)15-29-23-19(14-25)13-18-6-3-4-7-21(18)26-23/h10-13H,3-7,9,15H2,1-2H3. The number of benzene rings is 1. The van der Waals surface area contributed by atoms with Crippen LogP contribution < -0.4 is 4.90 Å². The van der Waals surface area contributed by atoms with Crippen molar-refractivity contribution < 1.29 is 4.79 Å². The summed E-state index contributed by atoms with van der Waals surface area (Å²) in [4.78, 5) is 19.4. The molecule has 0 saturated carbocycles. The van der Waals surface area contributed by atoms with E-state index in [1.807, 2.05) is 32.0 Å². The molecule has 0 fully saturated rings. The Morgan fingerprint density at radius 1 is 1.14 bits per heavy atom. The van der Waals surface area contributed by atoms with E-state index >= 15 is 0 Å². The minimum absolute atomic E-state index is 0.0846. The highest BCUT2D eigenvalue weighted by molar-refractivity contribution is 8.00. The van der Waals surface area contributed by atoms with Crippen LogP contribution in [0.15, 0.2) is 29.3 Å². The topological polar surface area (TPSA) is 80.8 Å². The zero-order chi connectivity index (χ0) is 20.8. The number of amides is 1. The highest BCUT2D eigenvalue weighted by Gasteiger charge is 2.20. The first kappa shape index (κ1) is 20.9. The Kier molecular flexibility index (Phi) is 6.90. The van der Waals surface area contributed by atoms with Gasteiger partial charge in [0.25, 0.3) is 0 Å². The van der Waals surface area contributed by atoms with E-state index in [-0.39, 0.29) is 18.1 Å². The van der Waals surface area contributed by atoms with Gasteiger partial charge in [-0.1, -0.05) is 17.8 Å². The number of hydrogen-bond acceptors (Lipinski definition) is 5. The molecule has 0 atom stereocenters. The number of rotatable bonds is 6. The molecule has 0 saturated heterocycles. The van der Waals surface area contributed by atoms with Crippen LogP contribution in [0.4, 0.5) is 5.69 Å². The van der Waals surface area contributed by atoms with E-state index in [1.54, 1.807) is 4.90 Å². The molecule has 0 N–H and O–H groups in total. The van der Waals surface area contributed by atoms with E-state index < -0.39 is 0 Å². The molecule has 1 aliphatic carbocycles. The second-order valence-corrected chi connectivity index (χ2v) is 8.32. The number of aromatic nitrogens is 1. The predicted octanol–water partition coefficient (Wildman–Crippen LogP) is 4.49. The lowest BCUT2D eigenvalue weighted by molar-refractivity contribution is -0.116. The SMILES string of the molecule is Cc1cc(C)cc(N(CCC#N)C(=O)CSc2nc3c(cc2C#N)CCCC3)c1. The summed E-state index contributed by atoms with van der Waals surface area (Å²) < 4.78 is 0. The van der Waals surface area contributed by atoms with Gasteiger partial charge in [0.15, 0.2) is 0 Å². The van der Waals surface area contributed by atoms with Crippen LogP contribution in [-0.4, -0.2) is 23.2 Å². The molecule has 0 aliphatic heterocycles. The first-order valence-electron chi connectivity index (χ1n) is 9.83. The fourth-order valence-electron chi connectivity index (χ4n) is 3.68. The van der Waals surface area contributed by atoms with Crippen molar-refractivity contribution in [2.75, 3.05) is 17.2 Å². The van der Waals surface area contributed by atoms with Crippen LogP contribution in [0.3, 0.4) is 0 Å². The van der Waals surface area contributed by atoms with Gasteiger partial charge < -0.3 is 4.90 Å². The summed E-state index contributed by atoms with van der Waals surface area (Å²) in [5.74, 6) is 0.0949. The summed E-state index contributed by atoms with van der Waals surface area (Å²) in [5.41, 5.74) is 5.71. The molecule has 1 amide bonds. The lowest BCUT2D eigenvalue weighted by Gasteiger charge is -2.23. The van der Waals surface area contributed by atoms with Crippen LogP contribution in [0.1, 0.15) is 47.2 Å². The monoisotopic (exact) mass is 404 g/mol. The number of fused-ring (bicyclic) bond motifs is 1. The number of nitrogens with zero attached hydrogens (tertiary/aromatic N) is 4. The molecule has 0 bridgehead atoms. The largest absolute Gasteiger partial charge is 0.311 e. The number of pyridine rings is 1.